The molecule has 3 aromatic carbocycles. The zero-order valence-corrected chi connectivity index (χ0v) is 18.5. The number of aromatic nitrogens is 1. The lowest BCUT2D eigenvalue weighted by Gasteiger charge is -2.33. The summed E-state index contributed by atoms with van der Waals surface area (Å²) in [7, 11) is 0. The van der Waals surface area contributed by atoms with Crippen LogP contribution in [0.4, 0.5) is 22.9 Å². The maximum absolute atomic E-state index is 4.77. The van der Waals surface area contributed by atoms with Gasteiger partial charge in [0.2, 0.25) is 0 Å². The van der Waals surface area contributed by atoms with E-state index >= 15 is 0 Å². The van der Waals surface area contributed by atoms with Crippen LogP contribution in [0.5, 0.6) is 0 Å². The average molecular weight is 403 g/mol. The number of aryl methyl sites for hydroxylation is 4. The second-order valence-electron chi connectivity index (χ2n) is 8.34. The van der Waals surface area contributed by atoms with E-state index in [9.17, 15) is 0 Å². The number of pyridine rings is 1. The normalized spacial score (nSPS) is 13.0. The van der Waals surface area contributed by atoms with Gasteiger partial charge in [0.15, 0.2) is 0 Å². The molecule has 0 saturated heterocycles. The molecule has 4 aromatic rings. The largest absolute Gasteiger partial charge is 0.422 e. The van der Waals surface area contributed by atoms with Crippen LogP contribution >= 0.6 is 0 Å². The number of hydrogen-bond acceptors (Lipinski definition) is 3. The summed E-state index contributed by atoms with van der Waals surface area (Å²) in [6, 6.07) is 27.9. The van der Waals surface area contributed by atoms with Crippen LogP contribution in [0.2, 0.25) is 0 Å². The van der Waals surface area contributed by atoms with E-state index in [-0.39, 0.29) is 6.98 Å². The van der Waals surface area contributed by atoms with Crippen molar-refractivity contribution in [1.82, 2.24) is 4.98 Å². The van der Waals surface area contributed by atoms with Crippen LogP contribution < -0.4 is 15.1 Å². The van der Waals surface area contributed by atoms with Crippen molar-refractivity contribution in [3.8, 4) is 0 Å². The van der Waals surface area contributed by atoms with Crippen molar-refractivity contribution >= 4 is 35.3 Å². The van der Waals surface area contributed by atoms with Crippen molar-refractivity contribution in [2.75, 3.05) is 9.62 Å². The minimum atomic E-state index is -0.0201. The highest BCUT2D eigenvalue weighted by Crippen LogP contribution is 2.47. The molecule has 0 spiro atoms. The Bertz CT molecular complexity index is 1210. The summed E-state index contributed by atoms with van der Waals surface area (Å²) in [5.74, 6) is 0.955. The van der Waals surface area contributed by atoms with E-state index in [0.717, 1.165) is 5.82 Å². The molecule has 0 saturated carbocycles. The van der Waals surface area contributed by atoms with Crippen LogP contribution in [0.15, 0.2) is 85.1 Å². The highest BCUT2D eigenvalue weighted by atomic mass is 15.3. The van der Waals surface area contributed by atoms with Crippen molar-refractivity contribution in [1.29, 1.82) is 0 Å². The number of para-hydroxylation sites is 3. The van der Waals surface area contributed by atoms with Crippen molar-refractivity contribution in [3.63, 3.8) is 0 Å². The number of hydrogen-bond donors (Lipinski definition) is 0. The molecule has 4 heteroatoms. The van der Waals surface area contributed by atoms with E-state index in [1.807, 2.05) is 12.3 Å². The van der Waals surface area contributed by atoms with Gasteiger partial charge in [-0.1, -0.05) is 65.7 Å². The van der Waals surface area contributed by atoms with Crippen molar-refractivity contribution in [2.24, 2.45) is 0 Å². The fourth-order valence-corrected chi connectivity index (χ4v) is 4.92. The Morgan fingerprint density at radius 2 is 1.13 bits per heavy atom. The van der Waals surface area contributed by atoms with Gasteiger partial charge < -0.3 is 9.62 Å². The molecule has 3 nitrogen and oxygen atoms in total. The molecule has 0 radical (unpaired) electrons. The molecule has 1 aliphatic rings. The summed E-state index contributed by atoms with van der Waals surface area (Å²) in [6.45, 7) is 8.82. The number of rotatable bonds is 3. The molecule has 0 aliphatic carbocycles. The topological polar surface area (TPSA) is 19.4 Å². The second-order valence-corrected chi connectivity index (χ2v) is 8.34. The van der Waals surface area contributed by atoms with E-state index in [0.29, 0.717) is 0 Å². The number of benzene rings is 3. The molecular weight excluding hydrogens is 377 g/mol. The Kier molecular flexibility index (Phi) is 4.78. The van der Waals surface area contributed by atoms with E-state index in [4.69, 9.17) is 4.98 Å². The first-order chi connectivity index (χ1) is 15.1. The van der Waals surface area contributed by atoms with E-state index in [2.05, 4.69) is 110 Å². The van der Waals surface area contributed by atoms with Crippen molar-refractivity contribution in [3.05, 3.63) is 107 Å². The molecule has 5 rings (SSSR count). The molecule has 0 atom stereocenters. The Labute approximate surface area is 185 Å². The summed E-state index contributed by atoms with van der Waals surface area (Å²) in [6.07, 6.45) is 1.88. The first kappa shape index (κ1) is 19.4. The Hall–Kier alpha value is -3.53. The van der Waals surface area contributed by atoms with Crippen molar-refractivity contribution in [2.45, 2.75) is 27.7 Å². The average Bonchev–Trinajstić information content (AvgIpc) is 3.09. The summed E-state index contributed by atoms with van der Waals surface area (Å²) < 4.78 is 0. The van der Waals surface area contributed by atoms with Gasteiger partial charge in [-0.3, -0.25) is 0 Å². The van der Waals surface area contributed by atoms with Gasteiger partial charge in [0.25, 0.3) is 0 Å². The quantitative estimate of drug-likeness (QED) is 0.391. The fourth-order valence-electron chi connectivity index (χ4n) is 4.92. The number of nitrogens with zero attached hydrogens (tertiary/aromatic N) is 3. The van der Waals surface area contributed by atoms with Crippen LogP contribution in [0, 0.1) is 27.7 Å². The molecule has 0 bridgehead atoms. The Morgan fingerprint density at radius 1 is 0.581 bits per heavy atom. The lowest BCUT2D eigenvalue weighted by Crippen LogP contribution is -2.55. The maximum atomic E-state index is 4.77. The van der Waals surface area contributed by atoms with Crippen LogP contribution in [0.25, 0.3) is 0 Å². The third kappa shape index (κ3) is 3.10. The third-order valence-corrected chi connectivity index (χ3v) is 6.27. The highest BCUT2D eigenvalue weighted by molar-refractivity contribution is 6.85. The molecule has 31 heavy (non-hydrogen) atoms. The minimum absolute atomic E-state index is 0.0201. The van der Waals surface area contributed by atoms with E-state index < -0.39 is 0 Å². The summed E-state index contributed by atoms with van der Waals surface area (Å²) >= 11 is 0. The Balaban J connectivity index is 1.86. The van der Waals surface area contributed by atoms with Crippen LogP contribution in [0.3, 0.4) is 0 Å². The maximum Gasteiger partial charge on any atom is 0.422 e. The first-order valence-electron chi connectivity index (χ1n) is 10.8. The molecule has 1 aliphatic heterocycles. The standard InChI is InChI=1S/C27H26BN3/c1-19-11-9-12-20(2)26(19)28-30(25-17-7-8-18-29-25)23-15-5-6-16-24(23)31(28)27-21(3)13-10-14-22(27)4/h5-18H,1-4H3. The molecular formula is C27H26BN3. The van der Waals surface area contributed by atoms with Gasteiger partial charge in [0.05, 0.1) is 11.4 Å². The van der Waals surface area contributed by atoms with Gasteiger partial charge in [-0.15, -0.1) is 0 Å². The van der Waals surface area contributed by atoms with E-state index in [1.165, 1.54) is 44.8 Å². The number of anilines is 4. The number of fused-ring (bicyclic) bond motifs is 1. The van der Waals surface area contributed by atoms with Crippen LogP contribution in [-0.2, 0) is 0 Å². The van der Waals surface area contributed by atoms with Gasteiger partial charge in [-0.2, -0.15) is 0 Å². The predicted molar refractivity (Wildman–Crippen MR) is 132 cm³/mol. The monoisotopic (exact) mass is 403 g/mol. The van der Waals surface area contributed by atoms with Crippen LogP contribution in [0.1, 0.15) is 22.3 Å². The van der Waals surface area contributed by atoms with Gasteiger partial charge in [-0.05, 0) is 68.6 Å². The van der Waals surface area contributed by atoms with Gasteiger partial charge in [0.1, 0.15) is 5.82 Å². The minimum Gasteiger partial charge on any atom is -0.359 e. The van der Waals surface area contributed by atoms with Gasteiger partial charge >= 0.3 is 6.98 Å². The third-order valence-electron chi connectivity index (χ3n) is 6.27. The van der Waals surface area contributed by atoms with E-state index in [1.54, 1.807) is 0 Å². The molecule has 0 amide bonds. The zero-order chi connectivity index (χ0) is 21.5. The molecule has 0 fully saturated rings. The SMILES string of the molecule is Cc1cccc(C)c1B1N(c2ccccn2)c2ccccc2N1c1c(C)cccc1C. The zero-order valence-electron chi connectivity index (χ0n) is 18.5. The first-order valence-corrected chi connectivity index (χ1v) is 10.8. The lowest BCUT2D eigenvalue weighted by molar-refractivity contribution is 1.23. The highest BCUT2D eigenvalue weighted by Gasteiger charge is 2.45. The fraction of sp³-hybridized carbons (Fsp3) is 0.148. The smallest absolute Gasteiger partial charge is 0.359 e. The molecule has 1 aromatic heterocycles. The van der Waals surface area contributed by atoms with Crippen molar-refractivity contribution < 1.29 is 0 Å². The molecule has 0 unspecified atom stereocenters. The predicted octanol–water partition coefficient (Wildman–Crippen LogP) is 6.00. The Morgan fingerprint density at radius 3 is 1.71 bits per heavy atom. The summed E-state index contributed by atoms with van der Waals surface area (Å²) in [5.41, 5.74) is 10.1. The van der Waals surface area contributed by atoms with Crippen LogP contribution in [-0.4, -0.2) is 12.0 Å². The molecule has 152 valence electrons. The van der Waals surface area contributed by atoms with Gasteiger partial charge in [-0.25, -0.2) is 4.98 Å². The molecule has 2 heterocycles. The summed E-state index contributed by atoms with van der Waals surface area (Å²) in [5, 5.41) is 0. The second kappa shape index (κ2) is 7.62. The summed E-state index contributed by atoms with van der Waals surface area (Å²) in [4.78, 5) is 9.66. The lowest BCUT2D eigenvalue weighted by atomic mass is 9.61. The van der Waals surface area contributed by atoms with Gasteiger partial charge in [0, 0.05) is 11.9 Å². The molecule has 0 N–H and O–H groups in total.